The predicted molar refractivity (Wildman–Crippen MR) is 97.5 cm³/mol. The highest BCUT2D eigenvalue weighted by atomic mass is 15.0. The molecule has 0 amide bonds. The van der Waals surface area contributed by atoms with Crippen molar-refractivity contribution in [3.8, 4) is 0 Å². The maximum Gasteiger partial charge on any atom is 0.120 e. The van der Waals surface area contributed by atoms with Gasteiger partial charge >= 0.3 is 0 Å². The highest BCUT2D eigenvalue weighted by Crippen LogP contribution is 2.06. The monoisotopic (exact) mass is 313 g/mol. The summed E-state index contributed by atoms with van der Waals surface area (Å²) in [5, 5.41) is 3.49. The molecule has 3 heteroatoms. The van der Waals surface area contributed by atoms with E-state index in [0.717, 1.165) is 31.8 Å². The minimum Gasteiger partial charge on any atom is -0.345 e. The van der Waals surface area contributed by atoms with Gasteiger partial charge in [-0.05, 0) is 31.4 Å². The van der Waals surface area contributed by atoms with Crippen LogP contribution in [-0.2, 0) is 19.4 Å². The summed E-state index contributed by atoms with van der Waals surface area (Å²) in [6.45, 7) is 4.20. The normalized spacial score (nSPS) is 11.0. The molecule has 1 aromatic heterocycles. The lowest BCUT2D eigenvalue weighted by molar-refractivity contribution is 0.566. The molecule has 1 aromatic carbocycles. The molecule has 0 aliphatic rings. The summed E-state index contributed by atoms with van der Waals surface area (Å²) >= 11 is 0. The number of rotatable bonds is 12. The minimum absolute atomic E-state index is 0.848. The van der Waals surface area contributed by atoms with Gasteiger partial charge in [-0.15, -0.1) is 0 Å². The van der Waals surface area contributed by atoms with Crippen molar-refractivity contribution in [2.75, 3.05) is 6.54 Å². The van der Waals surface area contributed by atoms with Gasteiger partial charge in [0.2, 0.25) is 0 Å². The first-order valence-electron chi connectivity index (χ1n) is 9.16. The summed E-state index contributed by atoms with van der Waals surface area (Å²) in [6, 6.07) is 10.6. The van der Waals surface area contributed by atoms with Crippen molar-refractivity contribution in [3.63, 3.8) is 0 Å². The number of benzene rings is 1. The van der Waals surface area contributed by atoms with E-state index in [1.54, 1.807) is 0 Å². The summed E-state index contributed by atoms with van der Waals surface area (Å²) < 4.78 is 0. The SMILES string of the molecule is CCCCCCCCNCc1ncc(CCc2ccccc2)[nH]1. The van der Waals surface area contributed by atoms with Crippen LogP contribution in [-0.4, -0.2) is 16.5 Å². The van der Waals surface area contributed by atoms with Gasteiger partial charge in [-0.3, -0.25) is 0 Å². The summed E-state index contributed by atoms with van der Waals surface area (Å²) in [5.41, 5.74) is 2.61. The Morgan fingerprint density at radius 1 is 0.957 bits per heavy atom. The summed E-state index contributed by atoms with van der Waals surface area (Å²) in [7, 11) is 0. The summed E-state index contributed by atoms with van der Waals surface area (Å²) in [4.78, 5) is 7.90. The van der Waals surface area contributed by atoms with Crippen LogP contribution in [0.25, 0.3) is 0 Å². The van der Waals surface area contributed by atoms with Crippen LogP contribution in [0.4, 0.5) is 0 Å². The number of aryl methyl sites for hydroxylation is 2. The second kappa shape index (κ2) is 11.0. The molecule has 0 saturated carbocycles. The van der Waals surface area contributed by atoms with Gasteiger partial charge in [0.25, 0.3) is 0 Å². The van der Waals surface area contributed by atoms with Crippen molar-refractivity contribution < 1.29 is 0 Å². The van der Waals surface area contributed by atoms with Crippen molar-refractivity contribution in [3.05, 3.63) is 53.6 Å². The molecule has 2 rings (SSSR count). The molecular weight excluding hydrogens is 282 g/mol. The lowest BCUT2D eigenvalue weighted by Gasteiger charge is -2.03. The highest BCUT2D eigenvalue weighted by molar-refractivity contribution is 5.16. The van der Waals surface area contributed by atoms with Crippen LogP contribution in [0.15, 0.2) is 36.5 Å². The number of nitrogens with zero attached hydrogens (tertiary/aromatic N) is 1. The number of imidazole rings is 1. The molecule has 3 nitrogen and oxygen atoms in total. The first-order chi connectivity index (χ1) is 11.4. The molecule has 2 aromatic rings. The number of hydrogen-bond acceptors (Lipinski definition) is 2. The van der Waals surface area contributed by atoms with Gasteiger partial charge in [0.05, 0.1) is 6.54 Å². The fourth-order valence-electron chi connectivity index (χ4n) is 2.78. The Hall–Kier alpha value is -1.61. The van der Waals surface area contributed by atoms with E-state index >= 15 is 0 Å². The fraction of sp³-hybridized carbons (Fsp3) is 0.550. The van der Waals surface area contributed by atoms with E-state index in [9.17, 15) is 0 Å². The molecule has 0 fully saturated rings. The molecule has 0 atom stereocenters. The summed E-state index contributed by atoms with van der Waals surface area (Å²) in [5.74, 6) is 1.05. The van der Waals surface area contributed by atoms with E-state index < -0.39 is 0 Å². The number of aromatic nitrogens is 2. The first-order valence-corrected chi connectivity index (χ1v) is 9.16. The average Bonchev–Trinajstić information content (AvgIpc) is 3.04. The van der Waals surface area contributed by atoms with Crippen molar-refractivity contribution in [2.45, 2.75) is 64.8 Å². The maximum atomic E-state index is 4.47. The third-order valence-corrected chi connectivity index (χ3v) is 4.21. The lowest BCUT2D eigenvalue weighted by Crippen LogP contribution is -2.15. The largest absolute Gasteiger partial charge is 0.345 e. The van der Waals surface area contributed by atoms with Gasteiger partial charge in [-0.1, -0.05) is 69.4 Å². The van der Waals surface area contributed by atoms with Crippen molar-refractivity contribution in [2.24, 2.45) is 0 Å². The van der Waals surface area contributed by atoms with Gasteiger partial charge in [0.15, 0.2) is 0 Å². The molecule has 0 unspecified atom stereocenters. The van der Waals surface area contributed by atoms with Crippen molar-refractivity contribution >= 4 is 0 Å². The number of H-pyrrole nitrogens is 1. The standard InChI is InChI=1S/C20H31N3/c1-2-3-4-5-6-10-15-21-17-20-22-16-19(23-20)14-13-18-11-8-7-9-12-18/h7-9,11-12,16,21H,2-6,10,13-15,17H2,1H3,(H,22,23). The smallest absolute Gasteiger partial charge is 0.120 e. The van der Waals surface area contributed by atoms with Gasteiger partial charge in [0, 0.05) is 11.9 Å². The molecule has 0 bridgehead atoms. The Morgan fingerprint density at radius 3 is 2.57 bits per heavy atom. The van der Waals surface area contributed by atoms with E-state index in [0.29, 0.717) is 0 Å². The zero-order chi connectivity index (χ0) is 16.2. The lowest BCUT2D eigenvalue weighted by atomic mass is 10.1. The molecule has 23 heavy (non-hydrogen) atoms. The van der Waals surface area contributed by atoms with Gasteiger partial charge in [-0.25, -0.2) is 4.98 Å². The third kappa shape index (κ3) is 7.47. The molecule has 0 aliphatic heterocycles. The maximum absolute atomic E-state index is 4.47. The molecule has 2 N–H and O–H groups in total. The molecule has 126 valence electrons. The van der Waals surface area contributed by atoms with Crippen LogP contribution in [0.5, 0.6) is 0 Å². The first kappa shape index (κ1) is 17.7. The molecule has 0 aliphatic carbocycles. The minimum atomic E-state index is 0.848. The Kier molecular flexibility index (Phi) is 8.49. The quantitative estimate of drug-likeness (QED) is 0.560. The van der Waals surface area contributed by atoms with E-state index in [1.165, 1.54) is 49.8 Å². The van der Waals surface area contributed by atoms with Crippen LogP contribution >= 0.6 is 0 Å². The van der Waals surface area contributed by atoms with Crippen LogP contribution in [0, 0.1) is 0 Å². The van der Waals surface area contributed by atoms with Crippen molar-refractivity contribution in [1.29, 1.82) is 0 Å². The zero-order valence-electron chi connectivity index (χ0n) is 14.5. The predicted octanol–water partition coefficient (Wildman–Crippen LogP) is 4.65. The molecule has 0 spiro atoms. The number of unbranched alkanes of at least 4 members (excludes halogenated alkanes) is 5. The number of nitrogens with one attached hydrogen (secondary N) is 2. The van der Waals surface area contributed by atoms with E-state index in [-0.39, 0.29) is 0 Å². The summed E-state index contributed by atoms with van der Waals surface area (Å²) in [6.07, 6.45) is 12.1. The molecule has 1 heterocycles. The molecule has 0 saturated heterocycles. The third-order valence-electron chi connectivity index (χ3n) is 4.21. The van der Waals surface area contributed by atoms with Crippen LogP contribution in [0.2, 0.25) is 0 Å². The molecule has 0 radical (unpaired) electrons. The van der Waals surface area contributed by atoms with Crippen LogP contribution < -0.4 is 5.32 Å². The van der Waals surface area contributed by atoms with E-state index in [1.807, 2.05) is 6.20 Å². The highest BCUT2D eigenvalue weighted by Gasteiger charge is 2.01. The van der Waals surface area contributed by atoms with Gasteiger partial charge in [0.1, 0.15) is 5.82 Å². The average molecular weight is 313 g/mol. The van der Waals surface area contributed by atoms with Gasteiger partial charge < -0.3 is 10.3 Å². The Bertz CT molecular complexity index is 519. The Morgan fingerprint density at radius 2 is 1.74 bits per heavy atom. The zero-order valence-corrected chi connectivity index (χ0v) is 14.5. The Labute approximate surface area is 140 Å². The number of hydrogen-bond donors (Lipinski definition) is 2. The van der Waals surface area contributed by atoms with Crippen LogP contribution in [0.3, 0.4) is 0 Å². The molecular formula is C20H31N3. The second-order valence-electron chi connectivity index (χ2n) is 6.29. The fourth-order valence-corrected chi connectivity index (χ4v) is 2.78. The van der Waals surface area contributed by atoms with E-state index in [2.05, 4.69) is 52.5 Å². The van der Waals surface area contributed by atoms with Crippen molar-refractivity contribution in [1.82, 2.24) is 15.3 Å². The van der Waals surface area contributed by atoms with E-state index in [4.69, 9.17) is 0 Å². The van der Waals surface area contributed by atoms with Gasteiger partial charge in [-0.2, -0.15) is 0 Å². The Balaban J connectivity index is 1.56. The second-order valence-corrected chi connectivity index (χ2v) is 6.29. The van der Waals surface area contributed by atoms with Crippen LogP contribution in [0.1, 0.15) is 62.5 Å². The topological polar surface area (TPSA) is 40.7 Å². The number of aromatic amines is 1.